The molecule has 0 spiro atoms. The summed E-state index contributed by atoms with van der Waals surface area (Å²) in [6.07, 6.45) is 1.72. The number of hydrogen-bond acceptors (Lipinski definition) is 4. The van der Waals surface area contributed by atoms with Gasteiger partial charge in [-0.05, 0) is 31.0 Å². The maximum atomic E-state index is 12.0. The number of fused-ring (bicyclic) bond motifs is 1. The molecule has 2 rings (SSSR count). The molecule has 0 fully saturated rings. The maximum Gasteiger partial charge on any atom is 0.178 e. The van der Waals surface area contributed by atoms with Gasteiger partial charge >= 0.3 is 0 Å². The van der Waals surface area contributed by atoms with E-state index >= 15 is 0 Å². The highest BCUT2D eigenvalue weighted by Crippen LogP contribution is 2.32. The van der Waals surface area contributed by atoms with Gasteiger partial charge in [-0.1, -0.05) is 13.8 Å². The van der Waals surface area contributed by atoms with Crippen molar-refractivity contribution in [2.24, 2.45) is 0 Å². The van der Waals surface area contributed by atoms with E-state index in [0.717, 1.165) is 24.4 Å². The molecule has 4 nitrogen and oxygen atoms in total. The van der Waals surface area contributed by atoms with Gasteiger partial charge in [0.25, 0.3) is 0 Å². The molecule has 0 aliphatic carbocycles. The number of sulfone groups is 1. The summed E-state index contributed by atoms with van der Waals surface area (Å²) < 4.78 is 29.7. The van der Waals surface area contributed by atoms with Gasteiger partial charge in [-0.2, -0.15) is 0 Å². The summed E-state index contributed by atoms with van der Waals surface area (Å²) in [5.74, 6) is 0.924. The molecule has 0 radical (unpaired) electrons. The fraction of sp³-hybridized carbons (Fsp3) is 0.538. The molecule has 1 heterocycles. The quantitative estimate of drug-likeness (QED) is 0.912. The molecule has 100 valence electrons. The van der Waals surface area contributed by atoms with E-state index in [2.05, 4.69) is 12.2 Å². The molecule has 0 saturated heterocycles. The van der Waals surface area contributed by atoms with E-state index in [9.17, 15) is 8.42 Å². The highest BCUT2D eigenvalue weighted by molar-refractivity contribution is 7.91. The predicted molar refractivity (Wildman–Crippen MR) is 72.0 cm³/mol. The third kappa shape index (κ3) is 2.61. The maximum absolute atomic E-state index is 12.0. The van der Waals surface area contributed by atoms with Crippen molar-refractivity contribution in [2.45, 2.75) is 37.7 Å². The summed E-state index contributed by atoms with van der Waals surface area (Å²) in [5, 5.41) is 3.23. The first-order valence-electron chi connectivity index (χ1n) is 6.34. The van der Waals surface area contributed by atoms with Crippen LogP contribution in [0.4, 0.5) is 5.69 Å². The average Bonchev–Trinajstić information content (AvgIpc) is 2.37. The molecule has 1 aliphatic heterocycles. The molecular formula is C13H19NO3S. The smallest absolute Gasteiger partial charge is 0.178 e. The minimum Gasteiger partial charge on any atom is -0.486 e. The average molecular weight is 269 g/mol. The van der Waals surface area contributed by atoms with Crippen LogP contribution in [0.15, 0.2) is 23.1 Å². The first-order chi connectivity index (χ1) is 8.56. The van der Waals surface area contributed by atoms with Crippen molar-refractivity contribution in [3.8, 4) is 5.75 Å². The fourth-order valence-corrected chi connectivity index (χ4v) is 3.35. The largest absolute Gasteiger partial charge is 0.486 e. The number of ether oxygens (including phenoxy) is 1. The van der Waals surface area contributed by atoms with E-state index in [1.807, 2.05) is 6.92 Å². The van der Waals surface area contributed by atoms with Gasteiger partial charge in [0, 0.05) is 0 Å². The zero-order valence-electron chi connectivity index (χ0n) is 10.8. The van der Waals surface area contributed by atoms with Gasteiger partial charge in [-0.15, -0.1) is 0 Å². The van der Waals surface area contributed by atoms with Crippen LogP contribution >= 0.6 is 0 Å². The highest BCUT2D eigenvalue weighted by Gasteiger charge is 2.21. The van der Waals surface area contributed by atoms with Gasteiger partial charge < -0.3 is 10.1 Å². The van der Waals surface area contributed by atoms with Crippen molar-refractivity contribution in [2.75, 3.05) is 17.6 Å². The number of benzene rings is 1. The summed E-state index contributed by atoms with van der Waals surface area (Å²) in [6, 6.07) is 5.04. The van der Waals surface area contributed by atoms with E-state index < -0.39 is 9.84 Å². The summed E-state index contributed by atoms with van der Waals surface area (Å²) in [7, 11) is -3.16. The van der Waals surface area contributed by atoms with Gasteiger partial charge in [0.1, 0.15) is 11.9 Å². The Kier molecular flexibility index (Phi) is 3.80. The fourth-order valence-electron chi connectivity index (χ4n) is 2.00. The molecule has 1 N–H and O–H groups in total. The summed E-state index contributed by atoms with van der Waals surface area (Å²) in [4.78, 5) is 0.370. The van der Waals surface area contributed by atoms with Crippen LogP contribution in [0, 0.1) is 0 Å². The topological polar surface area (TPSA) is 55.4 Å². The van der Waals surface area contributed by atoms with Crippen molar-refractivity contribution >= 4 is 15.5 Å². The Hall–Kier alpha value is -1.23. The van der Waals surface area contributed by atoms with Crippen LogP contribution in [0.1, 0.15) is 26.7 Å². The normalized spacial score (nSPS) is 18.7. The lowest BCUT2D eigenvalue weighted by molar-refractivity contribution is 0.201. The lowest BCUT2D eigenvalue weighted by atomic mass is 10.2. The second-order valence-corrected chi connectivity index (χ2v) is 6.61. The molecule has 1 aliphatic rings. The number of anilines is 1. The molecule has 0 saturated carbocycles. The van der Waals surface area contributed by atoms with Crippen molar-refractivity contribution in [3.05, 3.63) is 18.2 Å². The number of hydrogen-bond donors (Lipinski definition) is 1. The molecular weight excluding hydrogens is 250 g/mol. The van der Waals surface area contributed by atoms with Crippen LogP contribution in [0.5, 0.6) is 5.75 Å². The van der Waals surface area contributed by atoms with Crippen LogP contribution in [-0.4, -0.2) is 26.8 Å². The Morgan fingerprint density at radius 1 is 1.39 bits per heavy atom. The van der Waals surface area contributed by atoms with E-state index in [1.54, 1.807) is 18.2 Å². The van der Waals surface area contributed by atoms with Crippen molar-refractivity contribution < 1.29 is 13.2 Å². The summed E-state index contributed by atoms with van der Waals surface area (Å²) in [6.45, 7) is 4.65. The summed E-state index contributed by atoms with van der Waals surface area (Å²) >= 11 is 0. The van der Waals surface area contributed by atoms with Crippen LogP contribution in [0.3, 0.4) is 0 Å². The Morgan fingerprint density at radius 3 is 2.83 bits per heavy atom. The number of nitrogens with one attached hydrogen (secondary N) is 1. The predicted octanol–water partition coefficient (Wildman–Crippen LogP) is 2.45. The van der Waals surface area contributed by atoms with Crippen LogP contribution < -0.4 is 10.1 Å². The lowest BCUT2D eigenvalue weighted by Gasteiger charge is -2.26. The summed E-state index contributed by atoms with van der Waals surface area (Å²) in [5.41, 5.74) is 0.775. The zero-order chi connectivity index (χ0) is 13.2. The third-order valence-corrected chi connectivity index (χ3v) is 4.97. The van der Waals surface area contributed by atoms with Gasteiger partial charge in [0.15, 0.2) is 9.84 Å². The van der Waals surface area contributed by atoms with Crippen molar-refractivity contribution in [1.29, 1.82) is 0 Å². The second kappa shape index (κ2) is 5.18. The van der Waals surface area contributed by atoms with Crippen LogP contribution in [0.2, 0.25) is 0 Å². The van der Waals surface area contributed by atoms with Gasteiger partial charge in [0.2, 0.25) is 0 Å². The Morgan fingerprint density at radius 2 is 2.17 bits per heavy atom. The SMILES string of the molecule is CCCS(=O)(=O)c1ccc2c(c1)NCC(CC)O2. The Bertz CT molecular complexity index is 525. The van der Waals surface area contributed by atoms with Crippen molar-refractivity contribution in [3.63, 3.8) is 0 Å². The molecule has 5 heteroatoms. The standard InChI is InChI=1S/C13H19NO3S/c1-3-7-18(15,16)11-5-6-13-12(8-11)14-9-10(4-2)17-13/h5-6,8,10,14H,3-4,7,9H2,1-2H3. The molecule has 18 heavy (non-hydrogen) atoms. The molecule has 1 atom stereocenters. The molecule has 1 unspecified atom stereocenters. The minimum absolute atomic E-state index is 0.163. The number of rotatable bonds is 4. The first kappa shape index (κ1) is 13.2. The van der Waals surface area contributed by atoms with Gasteiger partial charge in [-0.3, -0.25) is 0 Å². The second-order valence-electron chi connectivity index (χ2n) is 4.51. The van der Waals surface area contributed by atoms with Crippen LogP contribution in [0.25, 0.3) is 0 Å². The monoisotopic (exact) mass is 269 g/mol. The van der Waals surface area contributed by atoms with Crippen LogP contribution in [-0.2, 0) is 9.84 Å². The molecule has 1 aromatic carbocycles. The first-order valence-corrected chi connectivity index (χ1v) is 7.99. The molecule has 0 amide bonds. The Labute approximate surface area is 108 Å². The Balaban J connectivity index is 2.29. The van der Waals surface area contributed by atoms with E-state index in [4.69, 9.17) is 4.74 Å². The molecule has 0 bridgehead atoms. The zero-order valence-corrected chi connectivity index (χ0v) is 11.6. The van der Waals surface area contributed by atoms with Crippen molar-refractivity contribution in [1.82, 2.24) is 0 Å². The lowest BCUT2D eigenvalue weighted by Crippen LogP contribution is -2.30. The molecule has 0 aromatic heterocycles. The van der Waals surface area contributed by atoms with Gasteiger partial charge in [0.05, 0.1) is 22.9 Å². The molecule has 1 aromatic rings. The minimum atomic E-state index is -3.16. The van der Waals surface area contributed by atoms with Gasteiger partial charge in [-0.25, -0.2) is 8.42 Å². The van der Waals surface area contributed by atoms with E-state index in [1.165, 1.54) is 0 Å². The third-order valence-electron chi connectivity index (χ3n) is 3.05. The highest BCUT2D eigenvalue weighted by atomic mass is 32.2. The van der Waals surface area contributed by atoms with E-state index in [0.29, 0.717) is 11.3 Å². The van der Waals surface area contributed by atoms with E-state index in [-0.39, 0.29) is 11.9 Å².